The maximum Gasteiger partial charge on any atom is 0.481 e. The first-order valence-electron chi connectivity index (χ1n) is 19.2. The van der Waals surface area contributed by atoms with Gasteiger partial charge in [0.2, 0.25) is 11.8 Å². The topological polar surface area (TPSA) is 425 Å². The Hall–Kier alpha value is -3.02. The highest BCUT2D eigenvalue weighted by atomic mass is 32.2. The zero-order valence-electron chi connectivity index (χ0n) is 34.1. The molecule has 3 fully saturated rings. The van der Waals surface area contributed by atoms with Crippen molar-refractivity contribution in [1.29, 1.82) is 0 Å². The van der Waals surface area contributed by atoms with Crippen molar-refractivity contribution in [2.75, 3.05) is 43.5 Å². The standard InChI is InChI=1S/C21H36N7O16P3S.C10H16N2O3S/c1-21(2,16(31)19(32)24-4-3-12(29)23-5-6-48)8-41-47(38,39)44-46(36,37)40-7-11-15(43-45(33,34)35)14(30)20(42-11)28-10-27-13-17(22)25-9-26-18(13)28;13-8(14)4-2-1-3-7-9-6(5-16-7)11-10(15)12-9/h9-11,14-16,20,30-31,48H,3-8H2,1-2H3,(H,23,29)(H,24,32)(H,36,37)(H,38,39)(H2,22,25,26)(H2,33,34,35);6-7,9H,1-5H2,(H,13,14)(H2,11,12,15)/t11-,14-,15-,16+,20-;6-,7-,9-/m10/s1. The molecule has 5 heterocycles. The summed E-state index contributed by atoms with van der Waals surface area (Å²) in [5.74, 6) is -0.707. The molecule has 5 rings (SSSR count). The number of aliphatic hydroxyl groups excluding tert-OH is 2. The number of ether oxygens (including phenoxy) is 1. The van der Waals surface area contributed by atoms with Crippen LogP contribution in [0.25, 0.3) is 11.2 Å². The van der Waals surface area contributed by atoms with Crippen molar-refractivity contribution in [1.82, 2.24) is 40.8 Å². The van der Waals surface area contributed by atoms with Crippen LogP contribution in [0, 0.1) is 5.41 Å². The number of nitrogens with zero attached hydrogens (tertiary/aromatic N) is 4. The monoisotopic (exact) mass is 1010 g/mol. The molecule has 362 valence electrons. The van der Waals surface area contributed by atoms with Gasteiger partial charge >= 0.3 is 35.5 Å². The Morgan fingerprint density at radius 2 is 1.77 bits per heavy atom. The van der Waals surface area contributed by atoms with Crippen LogP contribution < -0.4 is 27.0 Å². The molecule has 3 aliphatic rings. The number of carboxylic acid groups (broad SMARTS) is 1. The fourth-order valence-electron chi connectivity index (χ4n) is 6.40. The quantitative estimate of drug-likeness (QED) is 0.0278. The van der Waals surface area contributed by atoms with E-state index in [2.05, 4.69) is 57.7 Å². The first-order valence-corrected chi connectivity index (χ1v) is 25.4. The van der Waals surface area contributed by atoms with E-state index in [0.29, 0.717) is 17.5 Å². The molecule has 0 aliphatic carbocycles. The molecular formula is C31H52N9O19P3S2. The Balaban J connectivity index is 0.000000466. The van der Waals surface area contributed by atoms with Crippen LogP contribution in [0.4, 0.5) is 10.6 Å². The first kappa shape index (κ1) is 53.6. The van der Waals surface area contributed by atoms with Crippen LogP contribution in [-0.4, -0.2) is 158 Å². The molecule has 0 radical (unpaired) electrons. The highest BCUT2D eigenvalue weighted by Crippen LogP contribution is 2.61. The number of carbonyl (C=O) groups excluding carboxylic acids is 3. The van der Waals surface area contributed by atoms with Gasteiger partial charge in [-0.25, -0.2) is 33.4 Å². The van der Waals surface area contributed by atoms with Gasteiger partial charge in [-0.2, -0.15) is 28.7 Å². The predicted octanol–water partition coefficient (Wildman–Crippen LogP) is -0.868. The number of unbranched alkanes of at least 4 members (excludes halogenated alkanes) is 1. The Kier molecular flexibility index (Phi) is 19.4. The van der Waals surface area contributed by atoms with E-state index in [-0.39, 0.29) is 60.4 Å². The number of thiol groups is 1. The molecular weight excluding hydrogens is 959 g/mol. The molecule has 0 spiro atoms. The van der Waals surface area contributed by atoms with Gasteiger partial charge in [-0.1, -0.05) is 20.3 Å². The molecule has 64 heavy (non-hydrogen) atoms. The smallest absolute Gasteiger partial charge is 0.481 e. The number of nitrogens with two attached hydrogens (primary N) is 1. The van der Waals surface area contributed by atoms with Crippen LogP contribution in [0.5, 0.6) is 0 Å². The molecule has 0 saturated carbocycles. The number of hydrogen-bond acceptors (Lipinski definition) is 20. The van der Waals surface area contributed by atoms with Gasteiger partial charge in [0.05, 0.1) is 31.6 Å². The highest BCUT2D eigenvalue weighted by molar-refractivity contribution is 8.00. The van der Waals surface area contributed by atoms with Crippen LogP contribution in [0.2, 0.25) is 0 Å². The lowest BCUT2D eigenvalue weighted by Crippen LogP contribution is -2.46. The van der Waals surface area contributed by atoms with E-state index < -0.39 is 84.6 Å². The van der Waals surface area contributed by atoms with E-state index in [1.807, 2.05) is 11.8 Å². The number of urea groups is 1. The number of amides is 4. The molecule has 13 N–H and O–H groups in total. The molecule has 33 heteroatoms. The second kappa shape index (κ2) is 23.1. The molecule has 10 atom stereocenters. The van der Waals surface area contributed by atoms with Crippen molar-refractivity contribution in [3.05, 3.63) is 12.7 Å². The Bertz CT molecular complexity index is 2100. The summed E-state index contributed by atoms with van der Waals surface area (Å²) in [5, 5.41) is 40.9. The minimum absolute atomic E-state index is 0.0363. The molecule has 28 nitrogen and oxygen atoms in total. The Morgan fingerprint density at radius 3 is 2.44 bits per heavy atom. The number of hydrogen-bond donors (Lipinski definition) is 13. The predicted molar refractivity (Wildman–Crippen MR) is 225 cm³/mol. The lowest BCUT2D eigenvalue weighted by molar-refractivity contribution is -0.137. The van der Waals surface area contributed by atoms with Crippen molar-refractivity contribution in [2.45, 2.75) is 93.9 Å². The third kappa shape index (κ3) is 15.8. The maximum absolute atomic E-state index is 12.6. The van der Waals surface area contributed by atoms with Crippen molar-refractivity contribution in [2.24, 2.45) is 5.41 Å². The molecule has 0 aromatic carbocycles. The molecule has 3 aliphatic heterocycles. The summed E-state index contributed by atoms with van der Waals surface area (Å²) < 4.78 is 61.7. The largest absolute Gasteiger partial charge is 0.481 e. The number of aromatic nitrogens is 4. The van der Waals surface area contributed by atoms with E-state index in [4.69, 9.17) is 24.6 Å². The van der Waals surface area contributed by atoms with Gasteiger partial charge in [0.15, 0.2) is 17.7 Å². The van der Waals surface area contributed by atoms with Gasteiger partial charge in [0.25, 0.3) is 0 Å². The number of fused-ring (bicyclic) bond motifs is 2. The van der Waals surface area contributed by atoms with E-state index >= 15 is 0 Å². The summed E-state index contributed by atoms with van der Waals surface area (Å²) in [6.07, 6.45) is -3.86. The van der Waals surface area contributed by atoms with Crippen molar-refractivity contribution < 1.29 is 90.4 Å². The lowest BCUT2D eigenvalue weighted by Gasteiger charge is -2.30. The first-order chi connectivity index (χ1) is 29.8. The third-order valence-corrected chi connectivity index (χ3v) is 14.4. The van der Waals surface area contributed by atoms with Crippen LogP contribution in [-0.2, 0) is 50.7 Å². The zero-order valence-corrected chi connectivity index (χ0v) is 38.5. The fraction of sp³-hybridized carbons (Fsp3) is 0.710. The summed E-state index contributed by atoms with van der Waals surface area (Å²) in [6.45, 7) is 0.723. The number of imidazole rings is 1. The van der Waals surface area contributed by atoms with Gasteiger partial charge < -0.3 is 66.6 Å². The molecule has 2 aromatic rings. The average molecular weight is 1010 g/mol. The van der Waals surface area contributed by atoms with E-state index in [1.54, 1.807) is 0 Å². The number of nitrogen functional groups attached to an aromatic ring is 1. The van der Waals surface area contributed by atoms with Gasteiger partial charge in [0, 0.05) is 48.1 Å². The highest BCUT2D eigenvalue weighted by Gasteiger charge is 2.50. The molecule has 2 aromatic heterocycles. The second-order valence-electron chi connectivity index (χ2n) is 15.1. The number of phosphoric ester groups is 3. The van der Waals surface area contributed by atoms with Crippen molar-refractivity contribution >= 4 is 88.7 Å². The van der Waals surface area contributed by atoms with Crippen molar-refractivity contribution in [3.63, 3.8) is 0 Å². The maximum atomic E-state index is 12.6. The minimum atomic E-state index is -5.54. The molecule has 0 bridgehead atoms. The lowest BCUT2D eigenvalue weighted by atomic mass is 9.87. The summed E-state index contributed by atoms with van der Waals surface area (Å²) >= 11 is 5.82. The fourth-order valence-corrected chi connectivity index (χ4v) is 10.9. The number of rotatable bonds is 23. The van der Waals surface area contributed by atoms with E-state index in [0.717, 1.165) is 42.2 Å². The number of carboxylic acids is 1. The Labute approximate surface area is 374 Å². The van der Waals surface area contributed by atoms with Crippen LogP contribution in [0.15, 0.2) is 12.7 Å². The third-order valence-electron chi connectivity index (χ3n) is 9.58. The van der Waals surface area contributed by atoms with Gasteiger partial charge in [-0.05, 0) is 12.8 Å². The van der Waals surface area contributed by atoms with Crippen LogP contribution in [0.1, 0.15) is 52.2 Å². The summed E-state index contributed by atoms with van der Waals surface area (Å²) in [7, 11) is -16.3. The normalized spacial score (nSPS) is 25.5. The van der Waals surface area contributed by atoms with Gasteiger partial charge in [-0.15, -0.1) is 0 Å². The number of aliphatic carboxylic acids is 1. The Morgan fingerprint density at radius 1 is 1.06 bits per heavy atom. The van der Waals surface area contributed by atoms with Gasteiger partial charge in [0.1, 0.15) is 36.3 Å². The number of carbonyl (C=O) groups is 4. The van der Waals surface area contributed by atoms with E-state index in [1.165, 1.54) is 13.8 Å². The SMILES string of the molecule is CC(C)(COP(=O)(O)OP(=O)(O)OC[C@H]1O[C@@H](n2cnc3c(N)ncnc32)[C@H](O)[C@@H]1OP(=O)(O)O)[C@@H](O)C(=O)NCCC(=O)NCCS.O=C(O)CCCC[C@@H]1SC[C@@H]2NC(=O)N[C@@H]21. The van der Waals surface area contributed by atoms with E-state index in [9.17, 15) is 62.7 Å². The molecule has 4 amide bonds. The number of thioether (sulfide) groups is 1. The number of anilines is 1. The molecule has 2 unspecified atom stereocenters. The summed E-state index contributed by atoms with van der Waals surface area (Å²) in [4.78, 5) is 96.1. The molecule has 3 saturated heterocycles. The summed E-state index contributed by atoms with van der Waals surface area (Å²) in [5.41, 5.74) is 4.30. The second-order valence-corrected chi connectivity index (χ2v) is 21.0. The van der Waals surface area contributed by atoms with Crippen molar-refractivity contribution in [3.8, 4) is 0 Å². The van der Waals surface area contributed by atoms with Gasteiger partial charge in [-0.3, -0.25) is 32.5 Å². The van der Waals surface area contributed by atoms with Crippen LogP contribution in [0.3, 0.4) is 0 Å². The number of phosphoric acid groups is 3. The summed E-state index contributed by atoms with van der Waals surface area (Å²) in [6, 6.07) is 0.440. The van der Waals surface area contributed by atoms with Crippen LogP contribution >= 0.6 is 47.9 Å². The minimum Gasteiger partial charge on any atom is -0.481 e. The number of aliphatic hydroxyl groups is 2. The number of nitrogens with one attached hydrogen (secondary N) is 4. The average Bonchev–Trinajstić information content (AvgIpc) is 3.96. The zero-order chi connectivity index (χ0) is 47.6.